The van der Waals surface area contributed by atoms with Gasteiger partial charge in [-0.05, 0) is 36.5 Å². The van der Waals surface area contributed by atoms with Crippen molar-refractivity contribution < 1.29 is 4.39 Å². The lowest BCUT2D eigenvalue weighted by Crippen LogP contribution is -2.30. The molecule has 1 N–H and O–H groups in total. The minimum atomic E-state index is -0.439. The molecule has 17 heavy (non-hydrogen) atoms. The molecule has 2 atom stereocenters. The van der Waals surface area contributed by atoms with Crippen molar-refractivity contribution in [2.75, 3.05) is 0 Å². The van der Waals surface area contributed by atoms with Crippen LogP contribution in [0.15, 0.2) is 18.2 Å². The smallest absolute Gasteiger partial charge is 0.140 e. The molecule has 0 saturated heterocycles. The van der Waals surface area contributed by atoms with E-state index in [1.165, 1.54) is 25.3 Å². The highest BCUT2D eigenvalue weighted by Gasteiger charge is 2.22. The summed E-state index contributed by atoms with van der Waals surface area (Å²) in [5.41, 5.74) is 1.10. The van der Waals surface area contributed by atoms with Crippen LogP contribution in [0.5, 0.6) is 0 Å². The van der Waals surface area contributed by atoms with Crippen LogP contribution >= 0.6 is 0 Å². The van der Waals surface area contributed by atoms with Gasteiger partial charge in [0.15, 0.2) is 0 Å². The molecule has 0 spiro atoms. The van der Waals surface area contributed by atoms with Crippen LogP contribution in [0.3, 0.4) is 0 Å². The fourth-order valence-corrected chi connectivity index (χ4v) is 2.47. The monoisotopic (exact) mass is 232 g/mol. The normalized spacial score (nSPS) is 23.6. The van der Waals surface area contributed by atoms with Crippen LogP contribution in [0.4, 0.5) is 4.39 Å². The first kappa shape index (κ1) is 12.1. The average molecular weight is 232 g/mol. The van der Waals surface area contributed by atoms with E-state index in [2.05, 4.69) is 12.2 Å². The molecule has 0 aromatic heterocycles. The molecule has 1 aliphatic rings. The van der Waals surface area contributed by atoms with E-state index in [0.717, 1.165) is 5.56 Å². The van der Waals surface area contributed by atoms with E-state index in [-0.39, 0.29) is 5.56 Å². The van der Waals surface area contributed by atoms with Gasteiger partial charge < -0.3 is 5.32 Å². The van der Waals surface area contributed by atoms with Crippen molar-refractivity contribution in [2.24, 2.45) is 5.92 Å². The van der Waals surface area contributed by atoms with E-state index < -0.39 is 5.82 Å². The maximum Gasteiger partial charge on any atom is 0.140 e. The van der Waals surface area contributed by atoms with Crippen molar-refractivity contribution >= 4 is 0 Å². The highest BCUT2D eigenvalue weighted by atomic mass is 19.1. The van der Waals surface area contributed by atoms with Gasteiger partial charge in [0.2, 0.25) is 0 Å². The molecule has 0 amide bonds. The van der Waals surface area contributed by atoms with Crippen molar-refractivity contribution in [3.8, 4) is 6.07 Å². The molecule has 1 fully saturated rings. The molecule has 3 heteroatoms. The van der Waals surface area contributed by atoms with Gasteiger partial charge >= 0.3 is 0 Å². The third-order valence-electron chi connectivity index (χ3n) is 3.58. The first-order valence-corrected chi connectivity index (χ1v) is 6.12. The molecule has 1 aromatic carbocycles. The Morgan fingerprint density at radius 1 is 1.47 bits per heavy atom. The van der Waals surface area contributed by atoms with Crippen LogP contribution in [-0.4, -0.2) is 6.04 Å². The number of halogens is 1. The van der Waals surface area contributed by atoms with Gasteiger partial charge in [0.1, 0.15) is 11.9 Å². The van der Waals surface area contributed by atoms with Crippen LogP contribution < -0.4 is 5.32 Å². The number of hydrogen-bond acceptors (Lipinski definition) is 2. The first-order chi connectivity index (χ1) is 8.20. The quantitative estimate of drug-likeness (QED) is 0.869. The average Bonchev–Trinajstić information content (AvgIpc) is 2.74. The second-order valence-corrected chi connectivity index (χ2v) is 4.82. The lowest BCUT2D eigenvalue weighted by Gasteiger charge is -2.17. The van der Waals surface area contributed by atoms with Crippen molar-refractivity contribution in [1.29, 1.82) is 5.26 Å². The Hall–Kier alpha value is -1.40. The lowest BCUT2D eigenvalue weighted by atomic mass is 10.1. The van der Waals surface area contributed by atoms with Gasteiger partial charge in [0.25, 0.3) is 0 Å². The zero-order valence-corrected chi connectivity index (χ0v) is 10.0. The van der Waals surface area contributed by atoms with Gasteiger partial charge in [-0.15, -0.1) is 0 Å². The lowest BCUT2D eigenvalue weighted by molar-refractivity contribution is 0.426. The van der Waals surface area contributed by atoms with Crippen molar-refractivity contribution in [3.63, 3.8) is 0 Å². The van der Waals surface area contributed by atoms with Gasteiger partial charge in [0, 0.05) is 12.6 Å². The molecule has 0 aliphatic heterocycles. The van der Waals surface area contributed by atoms with Crippen molar-refractivity contribution in [3.05, 3.63) is 35.1 Å². The summed E-state index contributed by atoms with van der Waals surface area (Å²) in [4.78, 5) is 0. The van der Waals surface area contributed by atoms with Crippen LogP contribution in [-0.2, 0) is 6.54 Å². The van der Waals surface area contributed by atoms with E-state index in [1.54, 1.807) is 12.1 Å². The Morgan fingerprint density at radius 3 is 2.94 bits per heavy atom. The standard InChI is InChI=1S/C14H17FN2/c1-10-3-2-4-14(10)17-9-11-5-6-13(15)12(7-11)8-16/h5-7,10,14,17H,2-4,9H2,1H3. The van der Waals surface area contributed by atoms with Gasteiger partial charge in [0.05, 0.1) is 5.56 Å². The summed E-state index contributed by atoms with van der Waals surface area (Å²) < 4.78 is 13.1. The van der Waals surface area contributed by atoms with Gasteiger partial charge in [-0.1, -0.05) is 19.4 Å². The first-order valence-electron chi connectivity index (χ1n) is 6.12. The van der Waals surface area contributed by atoms with Crippen LogP contribution in [0, 0.1) is 23.1 Å². The molecule has 0 radical (unpaired) electrons. The summed E-state index contributed by atoms with van der Waals surface area (Å²) in [6, 6.07) is 7.16. The van der Waals surface area contributed by atoms with Gasteiger partial charge in [-0.2, -0.15) is 5.26 Å². The summed E-state index contributed by atoms with van der Waals surface area (Å²) in [7, 11) is 0. The molecule has 2 nitrogen and oxygen atoms in total. The summed E-state index contributed by atoms with van der Waals surface area (Å²) in [6.07, 6.45) is 3.78. The Bertz CT molecular complexity index is 436. The Balaban J connectivity index is 1.97. The molecule has 1 aromatic rings. The topological polar surface area (TPSA) is 35.8 Å². The second kappa shape index (κ2) is 5.29. The number of nitrogens with one attached hydrogen (secondary N) is 1. The number of hydrogen-bond donors (Lipinski definition) is 1. The molecular formula is C14H17FN2. The molecule has 1 saturated carbocycles. The van der Waals surface area contributed by atoms with Gasteiger partial charge in [-0.25, -0.2) is 4.39 Å². The summed E-state index contributed by atoms with van der Waals surface area (Å²) >= 11 is 0. The molecule has 2 rings (SSSR count). The van der Waals surface area contributed by atoms with Crippen molar-refractivity contribution in [1.82, 2.24) is 5.32 Å². The van der Waals surface area contributed by atoms with E-state index in [1.807, 2.05) is 6.07 Å². The molecule has 0 bridgehead atoms. The molecule has 2 unspecified atom stereocenters. The van der Waals surface area contributed by atoms with Crippen LogP contribution in [0.25, 0.3) is 0 Å². The predicted molar refractivity (Wildman–Crippen MR) is 64.8 cm³/mol. The highest BCUT2D eigenvalue weighted by molar-refractivity contribution is 5.34. The molecular weight excluding hydrogens is 215 g/mol. The fraction of sp³-hybridized carbons (Fsp3) is 0.500. The third-order valence-corrected chi connectivity index (χ3v) is 3.58. The van der Waals surface area contributed by atoms with Gasteiger partial charge in [-0.3, -0.25) is 0 Å². The minimum Gasteiger partial charge on any atom is -0.310 e. The van der Waals surface area contributed by atoms with E-state index >= 15 is 0 Å². The highest BCUT2D eigenvalue weighted by Crippen LogP contribution is 2.25. The maximum absolute atomic E-state index is 13.1. The zero-order valence-electron chi connectivity index (χ0n) is 10.0. The largest absolute Gasteiger partial charge is 0.310 e. The Kier molecular flexibility index (Phi) is 3.75. The van der Waals surface area contributed by atoms with E-state index in [0.29, 0.717) is 18.5 Å². The summed E-state index contributed by atoms with van der Waals surface area (Å²) in [5, 5.41) is 12.2. The SMILES string of the molecule is CC1CCCC1NCc1ccc(F)c(C#N)c1. The third kappa shape index (κ3) is 2.83. The molecule has 90 valence electrons. The van der Waals surface area contributed by atoms with Crippen LogP contribution in [0.2, 0.25) is 0 Å². The number of benzene rings is 1. The van der Waals surface area contributed by atoms with E-state index in [4.69, 9.17) is 5.26 Å². The molecule has 1 aliphatic carbocycles. The number of nitriles is 1. The maximum atomic E-state index is 13.1. The van der Waals surface area contributed by atoms with Crippen LogP contribution in [0.1, 0.15) is 37.3 Å². The fourth-order valence-electron chi connectivity index (χ4n) is 2.47. The predicted octanol–water partition coefficient (Wildman–Crippen LogP) is 2.98. The Morgan fingerprint density at radius 2 is 2.29 bits per heavy atom. The summed E-state index contributed by atoms with van der Waals surface area (Å²) in [5.74, 6) is 0.274. The summed E-state index contributed by atoms with van der Waals surface area (Å²) in [6.45, 7) is 2.97. The minimum absolute atomic E-state index is 0.128. The second-order valence-electron chi connectivity index (χ2n) is 4.82. The van der Waals surface area contributed by atoms with E-state index in [9.17, 15) is 4.39 Å². The Labute approximate surface area is 101 Å². The zero-order chi connectivity index (χ0) is 12.3. The number of rotatable bonds is 3. The number of nitrogens with zero attached hydrogens (tertiary/aromatic N) is 1. The molecule has 0 heterocycles. The van der Waals surface area contributed by atoms with Crippen molar-refractivity contribution in [2.45, 2.75) is 38.8 Å².